The van der Waals surface area contributed by atoms with E-state index in [9.17, 15) is 0 Å². The molecule has 0 spiro atoms. The van der Waals surface area contributed by atoms with Crippen molar-refractivity contribution in [3.8, 4) is 0 Å². The summed E-state index contributed by atoms with van der Waals surface area (Å²) in [4.78, 5) is 0. The van der Waals surface area contributed by atoms with Crippen LogP contribution in [-0.4, -0.2) is 12.6 Å². The van der Waals surface area contributed by atoms with E-state index in [0.717, 1.165) is 18.4 Å². The third-order valence-corrected chi connectivity index (χ3v) is 4.47. The number of hydrogen-bond donors (Lipinski definition) is 1. The Balaban J connectivity index is 1.92. The standard InChI is InChI=1S/C17H21N/c1-3-18-17-11-16(12(17)2)15-10-6-8-13-7-4-5-9-14(13)15/h4-10,12,16-18H,3,11H2,1-2H3. The molecular formula is C17H21N. The van der Waals surface area contributed by atoms with Gasteiger partial charge in [-0.1, -0.05) is 56.3 Å². The van der Waals surface area contributed by atoms with Crippen LogP contribution in [0, 0.1) is 5.92 Å². The van der Waals surface area contributed by atoms with Crippen molar-refractivity contribution in [2.24, 2.45) is 5.92 Å². The van der Waals surface area contributed by atoms with Crippen LogP contribution >= 0.6 is 0 Å². The number of rotatable bonds is 3. The van der Waals surface area contributed by atoms with Crippen LogP contribution in [0.5, 0.6) is 0 Å². The molecule has 0 saturated heterocycles. The van der Waals surface area contributed by atoms with Gasteiger partial charge in [0.1, 0.15) is 0 Å². The zero-order chi connectivity index (χ0) is 12.5. The summed E-state index contributed by atoms with van der Waals surface area (Å²) in [6.07, 6.45) is 1.28. The Hall–Kier alpha value is -1.34. The molecule has 3 atom stereocenters. The second-order valence-corrected chi connectivity index (χ2v) is 5.43. The first-order chi connectivity index (χ1) is 8.81. The molecule has 18 heavy (non-hydrogen) atoms. The van der Waals surface area contributed by atoms with Crippen LogP contribution in [0.15, 0.2) is 42.5 Å². The van der Waals surface area contributed by atoms with Gasteiger partial charge in [-0.2, -0.15) is 0 Å². The summed E-state index contributed by atoms with van der Waals surface area (Å²) in [7, 11) is 0. The minimum absolute atomic E-state index is 0.707. The van der Waals surface area contributed by atoms with E-state index < -0.39 is 0 Å². The van der Waals surface area contributed by atoms with E-state index in [0.29, 0.717) is 6.04 Å². The highest BCUT2D eigenvalue weighted by atomic mass is 14.9. The van der Waals surface area contributed by atoms with Gasteiger partial charge in [0, 0.05) is 6.04 Å². The van der Waals surface area contributed by atoms with Crippen molar-refractivity contribution in [3.63, 3.8) is 0 Å². The SMILES string of the molecule is CCNC1CC(c2cccc3ccccc23)C1C. The van der Waals surface area contributed by atoms with Gasteiger partial charge in [-0.15, -0.1) is 0 Å². The summed E-state index contributed by atoms with van der Waals surface area (Å²) >= 11 is 0. The average molecular weight is 239 g/mol. The van der Waals surface area contributed by atoms with Crippen molar-refractivity contribution >= 4 is 10.8 Å². The third-order valence-electron chi connectivity index (χ3n) is 4.47. The topological polar surface area (TPSA) is 12.0 Å². The van der Waals surface area contributed by atoms with Crippen LogP contribution in [0.3, 0.4) is 0 Å². The van der Waals surface area contributed by atoms with Crippen molar-refractivity contribution in [2.75, 3.05) is 6.54 Å². The number of fused-ring (bicyclic) bond motifs is 1. The van der Waals surface area contributed by atoms with E-state index >= 15 is 0 Å². The molecule has 2 aromatic rings. The van der Waals surface area contributed by atoms with Gasteiger partial charge in [0.25, 0.3) is 0 Å². The minimum atomic E-state index is 0.707. The van der Waals surface area contributed by atoms with Crippen molar-refractivity contribution in [2.45, 2.75) is 32.2 Å². The molecular weight excluding hydrogens is 218 g/mol. The Morgan fingerprint density at radius 2 is 1.89 bits per heavy atom. The number of nitrogens with one attached hydrogen (secondary N) is 1. The monoisotopic (exact) mass is 239 g/mol. The second kappa shape index (κ2) is 4.74. The highest BCUT2D eigenvalue weighted by Crippen LogP contribution is 2.44. The Labute approximate surface area is 109 Å². The van der Waals surface area contributed by atoms with Crippen molar-refractivity contribution in [3.05, 3.63) is 48.0 Å². The molecule has 0 bridgehead atoms. The summed E-state index contributed by atoms with van der Waals surface area (Å²) in [6, 6.07) is 16.2. The number of benzene rings is 2. The molecule has 0 amide bonds. The Morgan fingerprint density at radius 3 is 2.67 bits per heavy atom. The molecule has 2 aromatic carbocycles. The quantitative estimate of drug-likeness (QED) is 0.855. The Morgan fingerprint density at radius 1 is 1.11 bits per heavy atom. The normalized spacial score (nSPS) is 27.1. The van der Waals surface area contributed by atoms with Crippen LogP contribution in [0.1, 0.15) is 31.7 Å². The summed E-state index contributed by atoms with van der Waals surface area (Å²) in [5, 5.41) is 6.39. The van der Waals surface area contributed by atoms with Gasteiger partial charge in [0.15, 0.2) is 0 Å². The van der Waals surface area contributed by atoms with E-state index in [1.165, 1.54) is 22.8 Å². The minimum Gasteiger partial charge on any atom is -0.314 e. The van der Waals surface area contributed by atoms with Gasteiger partial charge < -0.3 is 5.32 Å². The maximum Gasteiger partial charge on any atom is 0.0104 e. The molecule has 1 heteroatoms. The van der Waals surface area contributed by atoms with Crippen LogP contribution in [-0.2, 0) is 0 Å². The van der Waals surface area contributed by atoms with Gasteiger partial charge in [-0.25, -0.2) is 0 Å². The van der Waals surface area contributed by atoms with Crippen LogP contribution in [0.25, 0.3) is 10.8 Å². The Bertz CT molecular complexity index is 541. The van der Waals surface area contributed by atoms with Crippen LogP contribution < -0.4 is 5.32 Å². The van der Waals surface area contributed by atoms with Crippen molar-refractivity contribution < 1.29 is 0 Å². The first-order valence-electron chi connectivity index (χ1n) is 7.02. The van der Waals surface area contributed by atoms with Gasteiger partial charge >= 0.3 is 0 Å². The lowest BCUT2D eigenvalue weighted by Crippen LogP contribution is -2.47. The van der Waals surface area contributed by atoms with Gasteiger partial charge in [0.2, 0.25) is 0 Å². The molecule has 3 unspecified atom stereocenters. The first-order valence-corrected chi connectivity index (χ1v) is 7.02. The molecule has 1 fully saturated rings. The summed E-state index contributed by atoms with van der Waals surface area (Å²) in [5.41, 5.74) is 1.54. The maximum absolute atomic E-state index is 3.58. The van der Waals surface area contributed by atoms with Crippen molar-refractivity contribution in [1.82, 2.24) is 5.32 Å². The van der Waals surface area contributed by atoms with Gasteiger partial charge in [-0.05, 0) is 41.1 Å². The smallest absolute Gasteiger partial charge is 0.0104 e. The predicted molar refractivity (Wildman–Crippen MR) is 77.9 cm³/mol. The molecule has 94 valence electrons. The highest BCUT2D eigenvalue weighted by molar-refractivity contribution is 5.86. The lowest BCUT2D eigenvalue weighted by Gasteiger charge is -2.44. The van der Waals surface area contributed by atoms with E-state index in [1.807, 2.05) is 0 Å². The van der Waals surface area contributed by atoms with Crippen molar-refractivity contribution in [1.29, 1.82) is 0 Å². The summed E-state index contributed by atoms with van der Waals surface area (Å²) in [6.45, 7) is 5.65. The molecule has 1 aliphatic rings. The first kappa shape index (κ1) is 11.7. The molecule has 1 saturated carbocycles. The van der Waals surface area contributed by atoms with Gasteiger partial charge in [-0.3, -0.25) is 0 Å². The zero-order valence-corrected chi connectivity index (χ0v) is 11.2. The maximum atomic E-state index is 3.58. The Kier molecular flexibility index (Phi) is 3.09. The summed E-state index contributed by atoms with van der Waals surface area (Å²) in [5.74, 6) is 1.47. The molecule has 0 aliphatic heterocycles. The lowest BCUT2D eigenvalue weighted by atomic mass is 9.66. The second-order valence-electron chi connectivity index (χ2n) is 5.43. The molecule has 0 heterocycles. The molecule has 0 aromatic heterocycles. The molecule has 0 radical (unpaired) electrons. The molecule has 1 N–H and O–H groups in total. The largest absolute Gasteiger partial charge is 0.314 e. The van der Waals surface area contributed by atoms with E-state index in [4.69, 9.17) is 0 Å². The predicted octanol–water partition coefficient (Wildman–Crippen LogP) is 3.94. The van der Waals surface area contributed by atoms with Crippen LogP contribution in [0.4, 0.5) is 0 Å². The van der Waals surface area contributed by atoms with E-state index in [1.54, 1.807) is 0 Å². The zero-order valence-electron chi connectivity index (χ0n) is 11.2. The average Bonchev–Trinajstić information content (AvgIpc) is 2.42. The van der Waals surface area contributed by atoms with Gasteiger partial charge in [0.05, 0.1) is 0 Å². The van der Waals surface area contributed by atoms with E-state index in [2.05, 4.69) is 61.6 Å². The highest BCUT2D eigenvalue weighted by Gasteiger charge is 2.38. The molecule has 1 nitrogen and oxygen atoms in total. The molecule has 3 rings (SSSR count). The lowest BCUT2D eigenvalue weighted by molar-refractivity contribution is 0.188. The third kappa shape index (κ3) is 1.83. The fourth-order valence-corrected chi connectivity index (χ4v) is 3.30. The summed E-state index contributed by atoms with van der Waals surface area (Å²) < 4.78 is 0. The fraction of sp³-hybridized carbons (Fsp3) is 0.412. The van der Waals surface area contributed by atoms with Crippen LogP contribution in [0.2, 0.25) is 0 Å². The number of hydrogen-bond acceptors (Lipinski definition) is 1. The molecule has 1 aliphatic carbocycles. The van der Waals surface area contributed by atoms with E-state index in [-0.39, 0.29) is 0 Å². The fourth-order valence-electron chi connectivity index (χ4n) is 3.30.